The van der Waals surface area contributed by atoms with Crippen molar-refractivity contribution in [2.75, 3.05) is 0 Å². The van der Waals surface area contributed by atoms with Gasteiger partial charge in [-0.1, -0.05) is 6.07 Å². The van der Waals surface area contributed by atoms with E-state index < -0.39 is 5.79 Å². The first-order valence-electron chi connectivity index (χ1n) is 6.00. The van der Waals surface area contributed by atoms with Crippen molar-refractivity contribution in [1.29, 1.82) is 0 Å². The molecule has 0 saturated heterocycles. The standard InChI is InChI=1S/C13H13N7/c14-12-18-11(9-4-3-6-16-8-9)19-13(15,20-12)10-5-1-2-7-17-10/h1-8H,15H2,(H3,14,18,19,20). The number of nitrogens with zero attached hydrogens (tertiary/aromatic N) is 4. The lowest BCUT2D eigenvalue weighted by molar-refractivity contribution is 0.413. The zero-order valence-electron chi connectivity index (χ0n) is 10.6. The second kappa shape index (κ2) is 4.71. The number of hydrogen-bond acceptors (Lipinski definition) is 7. The topological polar surface area (TPSA) is 115 Å². The minimum Gasteiger partial charge on any atom is -0.368 e. The number of guanidine groups is 1. The van der Waals surface area contributed by atoms with Gasteiger partial charge in [0.1, 0.15) is 11.5 Å². The highest BCUT2D eigenvalue weighted by Gasteiger charge is 2.33. The summed E-state index contributed by atoms with van der Waals surface area (Å²) in [5, 5.41) is 3.05. The average molecular weight is 267 g/mol. The van der Waals surface area contributed by atoms with Gasteiger partial charge in [-0.15, -0.1) is 0 Å². The van der Waals surface area contributed by atoms with Crippen LogP contribution < -0.4 is 16.8 Å². The molecule has 0 aliphatic carbocycles. The van der Waals surface area contributed by atoms with Gasteiger partial charge in [-0.3, -0.25) is 15.7 Å². The molecule has 3 heterocycles. The fourth-order valence-corrected chi connectivity index (χ4v) is 1.91. The smallest absolute Gasteiger partial charge is 0.231 e. The van der Waals surface area contributed by atoms with Gasteiger partial charge in [-0.05, 0) is 24.3 Å². The molecule has 7 heteroatoms. The monoisotopic (exact) mass is 267 g/mol. The molecule has 1 unspecified atom stereocenters. The first kappa shape index (κ1) is 12.2. The minimum absolute atomic E-state index is 0.0933. The van der Waals surface area contributed by atoms with Crippen LogP contribution in [0.15, 0.2) is 58.9 Å². The number of rotatable bonds is 2. The van der Waals surface area contributed by atoms with Crippen molar-refractivity contribution >= 4 is 11.8 Å². The van der Waals surface area contributed by atoms with Gasteiger partial charge in [0, 0.05) is 24.2 Å². The third-order valence-corrected chi connectivity index (χ3v) is 2.82. The molecule has 0 radical (unpaired) electrons. The fraction of sp³-hybridized carbons (Fsp3) is 0.0769. The van der Waals surface area contributed by atoms with Crippen LogP contribution in [-0.4, -0.2) is 21.8 Å². The van der Waals surface area contributed by atoms with E-state index in [0.29, 0.717) is 11.5 Å². The summed E-state index contributed by atoms with van der Waals surface area (Å²) in [4.78, 5) is 16.6. The van der Waals surface area contributed by atoms with E-state index in [0.717, 1.165) is 5.56 Å². The predicted octanol–water partition coefficient (Wildman–Crippen LogP) is -0.0897. The number of nitrogens with two attached hydrogens (primary N) is 2. The van der Waals surface area contributed by atoms with Crippen molar-refractivity contribution in [2.45, 2.75) is 5.79 Å². The second-order valence-corrected chi connectivity index (χ2v) is 4.28. The maximum absolute atomic E-state index is 6.26. The SMILES string of the molecule is NC1=NC(N)(c2ccccn2)NC(c2cccnc2)=N1. The van der Waals surface area contributed by atoms with Crippen LogP contribution in [0.4, 0.5) is 0 Å². The fourth-order valence-electron chi connectivity index (χ4n) is 1.91. The summed E-state index contributed by atoms with van der Waals surface area (Å²) in [5.74, 6) is -0.632. The quantitative estimate of drug-likeness (QED) is 0.703. The van der Waals surface area contributed by atoms with E-state index in [4.69, 9.17) is 11.5 Å². The lowest BCUT2D eigenvalue weighted by Crippen LogP contribution is -2.55. The highest BCUT2D eigenvalue weighted by molar-refractivity contribution is 6.07. The number of pyridine rings is 2. The van der Waals surface area contributed by atoms with Crippen molar-refractivity contribution in [3.63, 3.8) is 0 Å². The largest absolute Gasteiger partial charge is 0.368 e. The molecule has 100 valence electrons. The first-order valence-corrected chi connectivity index (χ1v) is 6.00. The van der Waals surface area contributed by atoms with Crippen molar-refractivity contribution in [3.8, 4) is 0 Å². The van der Waals surface area contributed by atoms with Gasteiger partial charge >= 0.3 is 0 Å². The Kier molecular flexibility index (Phi) is 2.88. The molecule has 1 atom stereocenters. The number of amidine groups is 1. The van der Waals surface area contributed by atoms with Gasteiger partial charge in [0.05, 0.1) is 0 Å². The Hall–Kier alpha value is -2.80. The molecule has 7 nitrogen and oxygen atoms in total. The van der Waals surface area contributed by atoms with Gasteiger partial charge in [-0.2, -0.15) is 4.99 Å². The third-order valence-electron chi connectivity index (χ3n) is 2.82. The summed E-state index contributed by atoms with van der Waals surface area (Å²) in [6, 6.07) is 9.07. The molecule has 0 spiro atoms. The van der Waals surface area contributed by atoms with Crippen LogP contribution in [0.3, 0.4) is 0 Å². The summed E-state index contributed by atoms with van der Waals surface area (Å²) in [7, 11) is 0. The lowest BCUT2D eigenvalue weighted by Gasteiger charge is -2.30. The molecular formula is C13H13N7. The molecule has 0 saturated carbocycles. The Labute approximate surface area is 115 Å². The molecule has 0 bridgehead atoms. The number of aromatic nitrogens is 2. The molecule has 0 amide bonds. The Bertz CT molecular complexity index is 666. The summed E-state index contributed by atoms with van der Waals surface area (Å²) in [6.45, 7) is 0. The molecule has 5 N–H and O–H groups in total. The van der Waals surface area contributed by atoms with Gasteiger partial charge < -0.3 is 11.1 Å². The van der Waals surface area contributed by atoms with E-state index in [2.05, 4.69) is 25.3 Å². The van der Waals surface area contributed by atoms with E-state index in [1.807, 2.05) is 12.1 Å². The minimum atomic E-state index is -1.24. The van der Waals surface area contributed by atoms with E-state index >= 15 is 0 Å². The van der Waals surface area contributed by atoms with Crippen LogP contribution >= 0.6 is 0 Å². The normalized spacial score (nSPS) is 21.6. The number of nitrogens with one attached hydrogen (secondary N) is 1. The summed E-state index contributed by atoms with van der Waals surface area (Å²) in [5.41, 5.74) is 13.4. The summed E-state index contributed by atoms with van der Waals surface area (Å²) >= 11 is 0. The van der Waals surface area contributed by atoms with Crippen molar-refractivity contribution < 1.29 is 0 Å². The third kappa shape index (κ3) is 2.21. The van der Waals surface area contributed by atoms with Crippen LogP contribution in [0, 0.1) is 0 Å². The van der Waals surface area contributed by atoms with Crippen LogP contribution in [-0.2, 0) is 5.79 Å². The van der Waals surface area contributed by atoms with Crippen molar-refractivity contribution in [2.24, 2.45) is 21.5 Å². The molecule has 20 heavy (non-hydrogen) atoms. The zero-order valence-corrected chi connectivity index (χ0v) is 10.6. The Morgan fingerprint density at radius 2 is 2.00 bits per heavy atom. The Morgan fingerprint density at radius 3 is 2.70 bits per heavy atom. The van der Waals surface area contributed by atoms with E-state index in [9.17, 15) is 0 Å². The highest BCUT2D eigenvalue weighted by atomic mass is 15.4. The van der Waals surface area contributed by atoms with Crippen molar-refractivity contribution in [1.82, 2.24) is 15.3 Å². The van der Waals surface area contributed by atoms with Crippen molar-refractivity contribution in [3.05, 3.63) is 60.2 Å². The average Bonchev–Trinajstić information content (AvgIpc) is 2.48. The zero-order chi connectivity index (χ0) is 14.0. The molecule has 2 aromatic heterocycles. The van der Waals surface area contributed by atoms with E-state index in [-0.39, 0.29) is 5.96 Å². The molecule has 0 aromatic carbocycles. The van der Waals surface area contributed by atoms with E-state index in [1.54, 1.807) is 36.8 Å². The van der Waals surface area contributed by atoms with Crippen LogP contribution in [0.2, 0.25) is 0 Å². The molecule has 0 fully saturated rings. The van der Waals surface area contributed by atoms with Crippen LogP contribution in [0.5, 0.6) is 0 Å². The molecule has 3 rings (SSSR count). The van der Waals surface area contributed by atoms with E-state index in [1.165, 1.54) is 0 Å². The summed E-state index contributed by atoms with van der Waals surface area (Å²) in [6.07, 6.45) is 4.99. The number of hydrogen-bond donors (Lipinski definition) is 3. The molecular weight excluding hydrogens is 254 g/mol. The molecule has 2 aromatic rings. The maximum atomic E-state index is 6.26. The Balaban J connectivity index is 2.01. The lowest BCUT2D eigenvalue weighted by atomic mass is 10.1. The molecule has 1 aliphatic rings. The second-order valence-electron chi connectivity index (χ2n) is 4.28. The van der Waals surface area contributed by atoms with Gasteiger partial charge in [0.15, 0.2) is 0 Å². The van der Waals surface area contributed by atoms with Gasteiger partial charge in [-0.25, -0.2) is 4.99 Å². The number of aliphatic imine (C=N–C) groups is 2. The predicted molar refractivity (Wildman–Crippen MR) is 75.6 cm³/mol. The highest BCUT2D eigenvalue weighted by Crippen LogP contribution is 2.18. The summed E-state index contributed by atoms with van der Waals surface area (Å²) < 4.78 is 0. The Morgan fingerprint density at radius 1 is 1.10 bits per heavy atom. The maximum Gasteiger partial charge on any atom is 0.231 e. The van der Waals surface area contributed by atoms with Crippen LogP contribution in [0.1, 0.15) is 11.3 Å². The van der Waals surface area contributed by atoms with Gasteiger partial charge in [0.2, 0.25) is 11.7 Å². The molecule has 1 aliphatic heterocycles. The van der Waals surface area contributed by atoms with Crippen LogP contribution in [0.25, 0.3) is 0 Å². The van der Waals surface area contributed by atoms with Gasteiger partial charge in [0.25, 0.3) is 0 Å². The first-order chi connectivity index (χ1) is 9.67.